The van der Waals surface area contributed by atoms with Crippen molar-refractivity contribution in [2.75, 3.05) is 32.7 Å². The fourth-order valence-electron chi connectivity index (χ4n) is 4.63. The third kappa shape index (κ3) is 4.56. The highest BCUT2D eigenvalue weighted by Gasteiger charge is 2.42. The lowest BCUT2D eigenvalue weighted by Gasteiger charge is -2.40. The van der Waals surface area contributed by atoms with Gasteiger partial charge in [-0.25, -0.2) is 4.98 Å². The van der Waals surface area contributed by atoms with Crippen LogP contribution in [0.25, 0.3) is 0 Å². The van der Waals surface area contributed by atoms with Gasteiger partial charge >= 0.3 is 0 Å². The summed E-state index contributed by atoms with van der Waals surface area (Å²) in [5.41, 5.74) is 1.71. The number of rotatable bonds is 6. The first-order chi connectivity index (χ1) is 13.2. The molecule has 6 heteroatoms. The van der Waals surface area contributed by atoms with Crippen LogP contribution in [0.3, 0.4) is 0 Å². The highest BCUT2D eigenvalue weighted by atomic mass is 16.2. The largest absolute Gasteiger partial charge is 0.342 e. The van der Waals surface area contributed by atoms with Crippen LogP contribution >= 0.6 is 0 Å². The summed E-state index contributed by atoms with van der Waals surface area (Å²) in [6, 6.07) is 10.7. The van der Waals surface area contributed by atoms with Gasteiger partial charge in [0, 0.05) is 38.0 Å². The van der Waals surface area contributed by atoms with E-state index in [0.29, 0.717) is 18.4 Å². The molecule has 2 aromatic rings. The Kier molecular flexibility index (Phi) is 5.53. The van der Waals surface area contributed by atoms with Crippen molar-refractivity contribution < 1.29 is 4.79 Å². The molecule has 0 aliphatic carbocycles. The monoisotopic (exact) mass is 367 g/mol. The number of aromatic nitrogens is 3. The zero-order valence-corrected chi connectivity index (χ0v) is 16.0. The highest BCUT2D eigenvalue weighted by Crippen LogP contribution is 2.39. The Bertz CT molecular complexity index is 732. The summed E-state index contributed by atoms with van der Waals surface area (Å²) < 4.78 is 1.73. The summed E-state index contributed by atoms with van der Waals surface area (Å²) in [7, 11) is 0. The zero-order chi connectivity index (χ0) is 18.5. The van der Waals surface area contributed by atoms with Crippen molar-refractivity contribution >= 4 is 5.91 Å². The Balaban J connectivity index is 1.27. The number of benzene rings is 1. The molecule has 1 amide bonds. The maximum absolute atomic E-state index is 12.6. The summed E-state index contributed by atoms with van der Waals surface area (Å²) in [6.45, 7) is 5.88. The van der Waals surface area contributed by atoms with E-state index in [0.717, 1.165) is 39.0 Å². The van der Waals surface area contributed by atoms with Crippen LogP contribution in [-0.4, -0.2) is 63.2 Å². The van der Waals surface area contributed by atoms with Crippen molar-refractivity contribution in [3.8, 4) is 0 Å². The predicted molar refractivity (Wildman–Crippen MR) is 104 cm³/mol. The van der Waals surface area contributed by atoms with E-state index in [1.807, 2.05) is 0 Å². The summed E-state index contributed by atoms with van der Waals surface area (Å²) in [5, 5.41) is 4.08. The molecule has 1 aromatic heterocycles. The number of nitrogens with zero attached hydrogens (tertiary/aromatic N) is 5. The van der Waals surface area contributed by atoms with Crippen LogP contribution in [-0.2, 0) is 17.8 Å². The first-order valence-corrected chi connectivity index (χ1v) is 10.1. The van der Waals surface area contributed by atoms with Crippen LogP contribution < -0.4 is 0 Å². The molecule has 2 saturated heterocycles. The van der Waals surface area contributed by atoms with E-state index in [9.17, 15) is 4.79 Å². The van der Waals surface area contributed by atoms with E-state index in [4.69, 9.17) is 0 Å². The lowest BCUT2D eigenvalue weighted by Crippen LogP contribution is -2.46. The molecular weight excluding hydrogens is 338 g/mol. The van der Waals surface area contributed by atoms with Gasteiger partial charge in [-0.1, -0.05) is 30.3 Å². The van der Waals surface area contributed by atoms with Gasteiger partial charge in [0.2, 0.25) is 5.91 Å². The predicted octanol–water partition coefficient (Wildman–Crippen LogP) is 2.23. The second kappa shape index (κ2) is 8.21. The molecule has 6 nitrogen and oxygen atoms in total. The van der Waals surface area contributed by atoms with Crippen molar-refractivity contribution in [2.45, 2.75) is 38.6 Å². The Hall–Kier alpha value is -2.21. The van der Waals surface area contributed by atoms with Gasteiger partial charge in [0.05, 0.1) is 6.54 Å². The minimum Gasteiger partial charge on any atom is -0.342 e. The molecule has 3 heterocycles. The Morgan fingerprint density at radius 2 is 1.96 bits per heavy atom. The number of hydrogen-bond acceptors (Lipinski definition) is 4. The molecule has 0 radical (unpaired) electrons. The van der Waals surface area contributed by atoms with Gasteiger partial charge in [-0.05, 0) is 37.8 Å². The number of amides is 1. The summed E-state index contributed by atoms with van der Waals surface area (Å²) in [6.07, 6.45) is 8.45. The fourth-order valence-corrected chi connectivity index (χ4v) is 4.63. The number of aryl methyl sites for hydroxylation is 1. The number of likely N-dealkylation sites (tertiary alicyclic amines) is 2. The molecule has 0 bridgehead atoms. The average Bonchev–Trinajstić information content (AvgIpc) is 3.36. The molecule has 1 atom stereocenters. The number of carbonyl (C=O) groups excluding carboxylic acids is 1. The molecule has 2 fully saturated rings. The van der Waals surface area contributed by atoms with Gasteiger partial charge in [-0.3, -0.25) is 9.48 Å². The van der Waals surface area contributed by atoms with E-state index in [2.05, 4.69) is 50.2 Å². The molecule has 1 spiro atoms. The SMILES string of the molecule is O=C(CCn1cncn1)N1CC[C@]2(CCCN(CCc3ccccc3)C2)C1. The van der Waals surface area contributed by atoms with Gasteiger partial charge in [0.25, 0.3) is 0 Å². The molecule has 1 aromatic carbocycles. The number of hydrogen-bond donors (Lipinski definition) is 0. The average molecular weight is 367 g/mol. The third-order valence-electron chi connectivity index (χ3n) is 6.11. The molecule has 0 N–H and O–H groups in total. The summed E-state index contributed by atoms with van der Waals surface area (Å²) >= 11 is 0. The first kappa shape index (κ1) is 18.2. The highest BCUT2D eigenvalue weighted by molar-refractivity contribution is 5.76. The molecule has 0 unspecified atom stereocenters. The Morgan fingerprint density at radius 1 is 1.07 bits per heavy atom. The van der Waals surface area contributed by atoms with Gasteiger partial charge in [0.1, 0.15) is 12.7 Å². The maximum atomic E-state index is 12.6. The van der Waals surface area contributed by atoms with Crippen molar-refractivity contribution in [1.82, 2.24) is 24.6 Å². The van der Waals surface area contributed by atoms with E-state index in [1.165, 1.54) is 31.3 Å². The van der Waals surface area contributed by atoms with Crippen LogP contribution in [0, 0.1) is 5.41 Å². The van der Waals surface area contributed by atoms with Gasteiger partial charge in [-0.15, -0.1) is 0 Å². The van der Waals surface area contributed by atoms with E-state index >= 15 is 0 Å². The van der Waals surface area contributed by atoms with Crippen LogP contribution in [0.15, 0.2) is 43.0 Å². The quantitative estimate of drug-likeness (QED) is 0.786. The Morgan fingerprint density at radius 3 is 2.78 bits per heavy atom. The standard InChI is InChI=1S/C21H29N5O/c27-20(8-13-26-18-22-17-23-26)25-14-10-21(16-25)9-4-11-24(15-21)12-7-19-5-2-1-3-6-19/h1-3,5-6,17-18H,4,7-16H2/t21-/m0/s1. The number of piperidine rings is 1. The minimum atomic E-state index is 0.254. The van der Waals surface area contributed by atoms with E-state index in [-0.39, 0.29) is 5.91 Å². The molecular formula is C21H29N5O. The van der Waals surface area contributed by atoms with Crippen molar-refractivity contribution in [1.29, 1.82) is 0 Å². The molecule has 144 valence electrons. The van der Waals surface area contributed by atoms with Crippen molar-refractivity contribution in [2.24, 2.45) is 5.41 Å². The smallest absolute Gasteiger partial charge is 0.224 e. The molecule has 27 heavy (non-hydrogen) atoms. The van der Waals surface area contributed by atoms with Crippen molar-refractivity contribution in [3.05, 3.63) is 48.5 Å². The van der Waals surface area contributed by atoms with Gasteiger partial charge in [0.15, 0.2) is 0 Å². The molecule has 2 aliphatic heterocycles. The maximum Gasteiger partial charge on any atom is 0.224 e. The van der Waals surface area contributed by atoms with Gasteiger partial charge in [-0.2, -0.15) is 5.10 Å². The van der Waals surface area contributed by atoms with E-state index < -0.39 is 0 Å². The normalized spacial score (nSPS) is 23.2. The van der Waals surface area contributed by atoms with E-state index in [1.54, 1.807) is 11.0 Å². The molecule has 4 rings (SSSR count). The lowest BCUT2D eigenvalue weighted by molar-refractivity contribution is -0.131. The topological polar surface area (TPSA) is 54.3 Å². The molecule has 2 aliphatic rings. The summed E-state index contributed by atoms with van der Waals surface area (Å²) in [4.78, 5) is 21.2. The number of carbonyl (C=O) groups is 1. The molecule has 0 saturated carbocycles. The second-order valence-corrected chi connectivity index (χ2v) is 8.09. The fraction of sp³-hybridized carbons (Fsp3) is 0.571. The minimum absolute atomic E-state index is 0.254. The third-order valence-corrected chi connectivity index (χ3v) is 6.11. The summed E-state index contributed by atoms with van der Waals surface area (Å²) in [5.74, 6) is 0.254. The second-order valence-electron chi connectivity index (χ2n) is 8.09. The van der Waals surface area contributed by atoms with Crippen LogP contribution in [0.2, 0.25) is 0 Å². The lowest BCUT2D eigenvalue weighted by atomic mass is 9.79. The zero-order valence-electron chi connectivity index (χ0n) is 16.0. The van der Waals surface area contributed by atoms with Gasteiger partial charge < -0.3 is 9.80 Å². The van der Waals surface area contributed by atoms with Crippen LogP contribution in [0.1, 0.15) is 31.2 Å². The Labute approximate surface area is 161 Å². The van der Waals surface area contributed by atoms with Crippen molar-refractivity contribution in [3.63, 3.8) is 0 Å². The van der Waals surface area contributed by atoms with Crippen LogP contribution in [0.5, 0.6) is 0 Å². The van der Waals surface area contributed by atoms with Crippen LogP contribution in [0.4, 0.5) is 0 Å². The first-order valence-electron chi connectivity index (χ1n) is 10.1.